The van der Waals surface area contributed by atoms with Crippen LogP contribution in [0.3, 0.4) is 0 Å². The standard InChI is InChI=1S/C28H41N5O7S/c1-6-39-22-12-11-20(41(37,38)33-15-13-19(14-16-33)9-8-10-23(34)40-7-2)17-21(22)27(35)30-25-24(18(3)4)31-32-26(25)28(36)29-5/h11-12,17-19H,6-10,13-16H2,1-5H3,(H,29,36)(H,30,35)(H,31,32). The molecular weight excluding hydrogens is 550 g/mol. The predicted molar refractivity (Wildman–Crippen MR) is 154 cm³/mol. The summed E-state index contributed by atoms with van der Waals surface area (Å²) in [5.74, 6) is -0.839. The number of rotatable bonds is 13. The average Bonchev–Trinajstić information content (AvgIpc) is 3.37. The van der Waals surface area contributed by atoms with Crippen LogP contribution in [0.25, 0.3) is 0 Å². The van der Waals surface area contributed by atoms with Crippen LogP contribution >= 0.6 is 0 Å². The van der Waals surface area contributed by atoms with Gasteiger partial charge in [0, 0.05) is 26.6 Å². The fourth-order valence-corrected chi connectivity index (χ4v) is 6.35. The zero-order valence-corrected chi connectivity index (χ0v) is 25.2. The Morgan fingerprint density at radius 2 is 1.83 bits per heavy atom. The van der Waals surface area contributed by atoms with Crippen molar-refractivity contribution in [1.29, 1.82) is 0 Å². The number of carbonyl (C=O) groups excluding carboxylic acids is 3. The number of aromatic amines is 1. The summed E-state index contributed by atoms with van der Waals surface area (Å²) in [6, 6.07) is 4.23. The number of piperidine rings is 1. The van der Waals surface area contributed by atoms with E-state index < -0.39 is 21.8 Å². The van der Waals surface area contributed by atoms with E-state index >= 15 is 0 Å². The molecule has 1 aliphatic heterocycles. The van der Waals surface area contributed by atoms with Gasteiger partial charge in [-0.1, -0.05) is 13.8 Å². The normalized spacial score (nSPS) is 14.6. The minimum absolute atomic E-state index is 0.0188. The Morgan fingerprint density at radius 1 is 1.12 bits per heavy atom. The fourth-order valence-electron chi connectivity index (χ4n) is 4.85. The summed E-state index contributed by atoms with van der Waals surface area (Å²) in [7, 11) is -2.41. The largest absolute Gasteiger partial charge is 0.493 e. The average molecular weight is 592 g/mol. The van der Waals surface area contributed by atoms with Gasteiger partial charge in [0.05, 0.1) is 35.1 Å². The molecule has 0 unspecified atom stereocenters. The first-order valence-electron chi connectivity index (χ1n) is 14.1. The third-order valence-electron chi connectivity index (χ3n) is 7.04. The number of nitrogens with one attached hydrogen (secondary N) is 3. The Morgan fingerprint density at radius 3 is 2.44 bits per heavy atom. The molecule has 1 aliphatic rings. The SMILES string of the molecule is CCOC(=O)CCCC1CCN(S(=O)(=O)c2ccc(OCC)c(C(=O)Nc3c(C(C)C)n[nH]c3C(=O)NC)c2)CC1. The Kier molecular flexibility index (Phi) is 11.3. The Bertz CT molecular complexity index is 1330. The number of hydrogen-bond acceptors (Lipinski definition) is 8. The van der Waals surface area contributed by atoms with E-state index in [1.54, 1.807) is 13.8 Å². The van der Waals surface area contributed by atoms with Crippen molar-refractivity contribution in [2.24, 2.45) is 5.92 Å². The van der Waals surface area contributed by atoms with E-state index in [0.717, 1.165) is 6.42 Å². The van der Waals surface area contributed by atoms with Gasteiger partial charge in [-0.2, -0.15) is 9.40 Å². The molecule has 1 saturated heterocycles. The third-order valence-corrected chi connectivity index (χ3v) is 8.93. The van der Waals surface area contributed by atoms with E-state index in [0.29, 0.717) is 57.0 Å². The number of aromatic nitrogens is 2. The molecule has 2 amide bonds. The number of ether oxygens (including phenoxy) is 2. The van der Waals surface area contributed by atoms with Crippen LogP contribution in [0.2, 0.25) is 0 Å². The van der Waals surface area contributed by atoms with E-state index in [2.05, 4.69) is 20.8 Å². The summed E-state index contributed by atoms with van der Waals surface area (Å²) >= 11 is 0. The quantitative estimate of drug-likeness (QED) is 0.298. The molecule has 1 aromatic carbocycles. The second-order valence-electron chi connectivity index (χ2n) is 10.2. The van der Waals surface area contributed by atoms with Crippen molar-refractivity contribution in [2.45, 2.75) is 70.6 Å². The van der Waals surface area contributed by atoms with Crippen LogP contribution in [-0.2, 0) is 19.6 Å². The number of sulfonamides is 1. The number of amides is 2. The summed E-state index contributed by atoms with van der Waals surface area (Å²) in [6.45, 7) is 8.63. The van der Waals surface area contributed by atoms with E-state index in [1.165, 1.54) is 29.6 Å². The van der Waals surface area contributed by atoms with Gasteiger partial charge in [0.2, 0.25) is 10.0 Å². The Balaban J connectivity index is 1.79. The molecule has 12 nitrogen and oxygen atoms in total. The second kappa shape index (κ2) is 14.4. The van der Waals surface area contributed by atoms with Gasteiger partial charge in [-0.05, 0) is 69.6 Å². The van der Waals surface area contributed by atoms with Crippen LogP contribution in [0.15, 0.2) is 23.1 Å². The molecule has 0 saturated carbocycles. The first-order valence-corrected chi connectivity index (χ1v) is 15.5. The van der Waals surface area contributed by atoms with Crippen LogP contribution < -0.4 is 15.4 Å². The topological polar surface area (TPSA) is 160 Å². The van der Waals surface area contributed by atoms with Gasteiger partial charge in [0.25, 0.3) is 11.8 Å². The minimum Gasteiger partial charge on any atom is -0.493 e. The Labute approximate surface area is 241 Å². The van der Waals surface area contributed by atoms with E-state index in [9.17, 15) is 22.8 Å². The first kappa shape index (κ1) is 32.1. The van der Waals surface area contributed by atoms with Crippen LogP contribution in [0.5, 0.6) is 5.75 Å². The van der Waals surface area contributed by atoms with Crippen LogP contribution in [0.1, 0.15) is 92.3 Å². The molecule has 0 aliphatic carbocycles. The fraction of sp³-hybridized carbons (Fsp3) is 0.571. The molecule has 3 rings (SSSR count). The number of nitrogens with zero attached hydrogens (tertiary/aromatic N) is 2. The summed E-state index contributed by atoms with van der Waals surface area (Å²) in [6.07, 6.45) is 3.29. The lowest BCUT2D eigenvalue weighted by Gasteiger charge is -2.31. The smallest absolute Gasteiger partial charge is 0.305 e. The molecule has 1 aromatic heterocycles. The maximum atomic E-state index is 13.6. The zero-order valence-electron chi connectivity index (χ0n) is 24.4. The first-order chi connectivity index (χ1) is 19.5. The van der Waals surface area contributed by atoms with Crippen LogP contribution in [-0.4, -0.2) is 74.1 Å². The van der Waals surface area contributed by atoms with Gasteiger partial charge in [-0.25, -0.2) is 8.42 Å². The molecule has 3 N–H and O–H groups in total. The maximum Gasteiger partial charge on any atom is 0.305 e. The summed E-state index contributed by atoms with van der Waals surface area (Å²) < 4.78 is 39.2. The molecule has 0 spiro atoms. The molecule has 0 radical (unpaired) electrons. The van der Waals surface area contributed by atoms with Crippen molar-refractivity contribution < 1.29 is 32.3 Å². The van der Waals surface area contributed by atoms with Gasteiger partial charge in [0.1, 0.15) is 11.4 Å². The summed E-state index contributed by atoms with van der Waals surface area (Å²) in [4.78, 5) is 37.5. The van der Waals surface area contributed by atoms with Crippen LogP contribution in [0, 0.1) is 5.92 Å². The monoisotopic (exact) mass is 591 g/mol. The van der Waals surface area contributed by atoms with Crippen molar-refractivity contribution in [3.8, 4) is 5.75 Å². The third kappa shape index (κ3) is 7.85. The van der Waals surface area contributed by atoms with Crippen LogP contribution in [0.4, 0.5) is 5.69 Å². The highest BCUT2D eigenvalue weighted by atomic mass is 32.2. The summed E-state index contributed by atoms with van der Waals surface area (Å²) in [5, 5.41) is 12.1. The molecule has 1 fully saturated rings. The highest BCUT2D eigenvalue weighted by molar-refractivity contribution is 7.89. The highest BCUT2D eigenvalue weighted by Gasteiger charge is 2.31. The van der Waals surface area contributed by atoms with Crippen molar-refractivity contribution in [2.75, 3.05) is 38.7 Å². The second-order valence-corrected chi connectivity index (χ2v) is 12.1. The van der Waals surface area contributed by atoms with Gasteiger partial charge in [-0.3, -0.25) is 19.5 Å². The molecule has 0 atom stereocenters. The lowest BCUT2D eigenvalue weighted by molar-refractivity contribution is -0.143. The number of benzene rings is 1. The number of carbonyl (C=O) groups is 3. The van der Waals surface area contributed by atoms with Crippen molar-refractivity contribution >= 4 is 33.5 Å². The molecule has 2 heterocycles. The molecular formula is C28H41N5O7S. The Hall–Kier alpha value is -3.45. The van der Waals surface area contributed by atoms with Gasteiger partial charge in [-0.15, -0.1) is 0 Å². The van der Waals surface area contributed by atoms with Crippen molar-refractivity contribution in [1.82, 2.24) is 19.8 Å². The van der Waals surface area contributed by atoms with Crippen molar-refractivity contribution in [3.05, 3.63) is 35.2 Å². The molecule has 41 heavy (non-hydrogen) atoms. The lowest BCUT2D eigenvalue weighted by atomic mass is 9.92. The zero-order chi connectivity index (χ0) is 30.2. The van der Waals surface area contributed by atoms with Gasteiger partial charge < -0.3 is 20.1 Å². The predicted octanol–water partition coefficient (Wildman–Crippen LogP) is 3.68. The number of hydrogen-bond donors (Lipinski definition) is 3. The molecule has 226 valence electrons. The maximum absolute atomic E-state index is 13.6. The van der Waals surface area contributed by atoms with E-state index in [1.807, 2.05) is 13.8 Å². The number of H-pyrrole nitrogens is 1. The molecule has 13 heteroatoms. The minimum atomic E-state index is -3.88. The van der Waals surface area contributed by atoms with Gasteiger partial charge >= 0.3 is 5.97 Å². The van der Waals surface area contributed by atoms with E-state index in [4.69, 9.17) is 9.47 Å². The highest BCUT2D eigenvalue weighted by Crippen LogP contribution is 2.31. The number of anilines is 1. The van der Waals surface area contributed by atoms with Crippen molar-refractivity contribution in [3.63, 3.8) is 0 Å². The molecule has 0 bridgehead atoms. The molecule has 2 aromatic rings. The number of esters is 1. The van der Waals surface area contributed by atoms with Gasteiger partial charge in [0.15, 0.2) is 0 Å². The summed E-state index contributed by atoms with van der Waals surface area (Å²) in [5.41, 5.74) is 0.839. The van der Waals surface area contributed by atoms with E-state index in [-0.39, 0.29) is 46.1 Å². The lowest BCUT2D eigenvalue weighted by Crippen LogP contribution is -2.38.